The minimum Gasteiger partial charge on any atom is -0.395 e. The van der Waals surface area contributed by atoms with Gasteiger partial charge in [-0.05, 0) is 18.6 Å². The Bertz CT molecular complexity index is 666. The van der Waals surface area contributed by atoms with E-state index in [1.807, 2.05) is 18.4 Å². The monoisotopic (exact) mass is 320 g/mol. The Kier molecular flexibility index (Phi) is 5.51. The van der Waals surface area contributed by atoms with Crippen molar-refractivity contribution in [1.82, 2.24) is 9.88 Å². The molecule has 2 heterocycles. The Balaban J connectivity index is 2.09. The summed E-state index contributed by atoms with van der Waals surface area (Å²) in [7, 11) is 1.77. The molecule has 1 N–H and O–H groups in total. The van der Waals surface area contributed by atoms with E-state index in [1.165, 1.54) is 22.7 Å². The first-order chi connectivity index (χ1) is 10.1. The lowest BCUT2D eigenvalue weighted by Gasteiger charge is -2.14. The number of thiazole rings is 1. The van der Waals surface area contributed by atoms with Crippen LogP contribution in [0.2, 0.25) is 0 Å². The van der Waals surface area contributed by atoms with Crippen LogP contribution < -0.4 is 0 Å². The fraction of sp³-hybridized carbons (Fsp3) is 0.333. The van der Waals surface area contributed by atoms with Crippen LogP contribution in [-0.2, 0) is 6.54 Å². The number of nitrogens with zero attached hydrogens (tertiary/aromatic N) is 2. The van der Waals surface area contributed by atoms with Gasteiger partial charge in [-0.2, -0.15) is 0 Å². The molecule has 0 saturated heterocycles. The molecule has 0 aliphatic heterocycles. The molecule has 21 heavy (non-hydrogen) atoms. The number of carbonyl (C=O) groups is 1. The van der Waals surface area contributed by atoms with Gasteiger partial charge in [0.25, 0.3) is 5.91 Å². The van der Waals surface area contributed by atoms with Crippen molar-refractivity contribution in [2.75, 3.05) is 13.7 Å². The number of amides is 1. The molecule has 6 heteroatoms. The van der Waals surface area contributed by atoms with Crippen molar-refractivity contribution in [3.8, 4) is 11.8 Å². The van der Waals surface area contributed by atoms with Gasteiger partial charge in [-0.3, -0.25) is 4.79 Å². The number of aryl methyl sites for hydroxylation is 1. The molecule has 0 aromatic carbocycles. The lowest BCUT2D eigenvalue weighted by molar-refractivity contribution is 0.0788. The molecule has 1 amide bonds. The first-order valence-electron chi connectivity index (χ1n) is 6.44. The van der Waals surface area contributed by atoms with Crippen LogP contribution in [0.3, 0.4) is 0 Å². The van der Waals surface area contributed by atoms with Crippen LogP contribution in [0.4, 0.5) is 0 Å². The summed E-state index contributed by atoms with van der Waals surface area (Å²) in [5.41, 5.74) is 3.65. The summed E-state index contributed by atoms with van der Waals surface area (Å²) in [6.07, 6.45) is 0.449. The van der Waals surface area contributed by atoms with E-state index in [0.717, 1.165) is 16.1 Å². The van der Waals surface area contributed by atoms with E-state index >= 15 is 0 Å². The molecule has 0 spiro atoms. The highest BCUT2D eigenvalue weighted by molar-refractivity contribution is 7.14. The van der Waals surface area contributed by atoms with Gasteiger partial charge in [-0.25, -0.2) is 4.98 Å². The third kappa shape index (κ3) is 4.14. The van der Waals surface area contributed by atoms with E-state index in [-0.39, 0.29) is 12.5 Å². The fourth-order valence-electron chi connectivity index (χ4n) is 1.73. The Morgan fingerprint density at radius 3 is 3.00 bits per heavy atom. The Morgan fingerprint density at radius 1 is 1.52 bits per heavy atom. The van der Waals surface area contributed by atoms with E-state index in [2.05, 4.69) is 16.8 Å². The highest BCUT2D eigenvalue weighted by Crippen LogP contribution is 2.22. The number of hydrogen-bond donors (Lipinski definition) is 1. The molecule has 0 aliphatic rings. The predicted octanol–water partition coefficient (Wildman–Crippen LogP) is 2.52. The fourth-order valence-corrected chi connectivity index (χ4v) is 3.32. The average Bonchev–Trinajstić information content (AvgIpc) is 3.09. The Labute approximate surface area is 132 Å². The maximum absolute atomic E-state index is 12.4. The van der Waals surface area contributed by atoms with Gasteiger partial charge in [0.05, 0.1) is 34.1 Å². The van der Waals surface area contributed by atoms with Gasteiger partial charge < -0.3 is 10.0 Å². The van der Waals surface area contributed by atoms with Crippen LogP contribution >= 0.6 is 22.7 Å². The normalized spacial score (nSPS) is 10.0. The highest BCUT2D eigenvalue weighted by atomic mass is 32.1. The highest BCUT2D eigenvalue weighted by Gasteiger charge is 2.16. The van der Waals surface area contributed by atoms with Gasteiger partial charge in [-0.15, -0.1) is 22.7 Å². The zero-order valence-electron chi connectivity index (χ0n) is 11.9. The summed E-state index contributed by atoms with van der Waals surface area (Å²) in [6, 6.07) is 1.87. The van der Waals surface area contributed by atoms with Crippen LogP contribution in [0.5, 0.6) is 0 Å². The number of rotatable bonds is 4. The summed E-state index contributed by atoms with van der Waals surface area (Å²) in [4.78, 5) is 19.8. The number of thiophene rings is 1. The third-order valence-corrected chi connectivity index (χ3v) is 4.57. The van der Waals surface area contributed by atoms with Crippen molar-refractivity contribution < 1.29 is 9.90 Å². The van der Waals surface area contributed by atoms with Crippen molar-refractivity contribution in [1.29, 1.82) is 0 Å². The number of aromatic nitrogens is 1. The number of carbonyl (C=O) groups excluding carboxylic acids is 1. The summed E-state index contributed by atoms with van der Waals surface area (Å²) in [5, 5.41) is 10.7. The second-order valence-electron chi connectivity index (χ2n) is 4.54. The quantitative estimate of drug-likeness (QED) is 0.881. The first-order valence-corrected chi connectivity index (χ1v) is 8.20. The van der Waals surface area contributed by atoms with Crippen molar-refractivity contribution in [2.45, 2.75) is 19.9 Å². The van der Waals surface area contributed by atoms with E-state index in [9.17, 15) is 4.79 Å². The van der Waals surface area contributed by atoms with Crippen molar-refractivity contribution >= 4 is 28.6 Å². The molecule has 0 radical (unpaired) electrons. The van der Waals surface area contributed by atoms with Crippen molar-refractivity contribution in [3.63, 3.8) is 0 Å². The molecule has 2 rings (SSSR count). The van der Waals surface area contributed by atoms with Crippen molar-refractivity contribution in [2.24, 2.45) is 0 Å². The van der Waals surface area contributed by atoms with Crippen LogP contribution in [0.1, 0.15) is 32.2 Å². The van der Waals surface area contributed by atoms with Gasteiger partial charge in [0.1, 0.15) is 0 Å². The summed E-state index contributed by atoms with van der Waals surface area (Å²) >= 11 is 2.92. The summed E-state index contributed by atoms with van der Waals surface area (Å²) in [6.45, 7) is 2.50. The van der Waals surface area contributed by atoms with Gasteiger partial charge >= 0.3 is 0 Å². The minimum absolute atomic E-state index is 0.0219. The molecule has 0 saturated carbocycles. The maximum Gasteiger partial charge on any atom is 0.264 e. The molecule has 110 valence electrons. The Hall–Kier alpha value is -1.68. The first kappa shape index (κ1) is 15.7. The van der Waals surface area contributed by atoms with Gasteiger partial charge in [0, 0.05) is 18.8 Å². The molecular weight excluding hydrogens is 304 g/mol. The second-order valence-corrected chi connectivity index (χ2v) is 6.31. The zero-order chi connectivity index (χ0) is 15.2. The SMILES string of the molecule is Cc1cc(C(=O)N(C)Cc2cscn2)sc1C#CCCO. The second kappa shape index (κ2) is 7.36. The molecule has 0 fully saturated rings. The minimum atomic E-state index is -0.0219. The van der Waals surface area contributed by atoms with E-state index in [0.29, 0.717) is 17.8 Å². The van der Waals surface area contributed by atoms with Crippen LogP contribution in [0, 0.1) is 18.8 Å². The molecule has 0 unspecified atom stereocenters. The van der Waals surface area contributed by atoms with Crippen LogP contribution in [0.15, 0.2) is 17.0 Å². The Morgan fingerprint density at radius 2 is 2.33 bits per heavy atom. The zero-order valence-corrected chi connectivity index (χ0v) is 13.6. The van der Waals surface area contributed by atoms with Crippen molar-refractivity contribution in [3.05, 3.63) is 38.0 Å². The molecule has 4 nitrogen and oxygen atoms in total. The maximum atomic E-state index is 12.4. The third-order valence-electron chi connectivity index (χ3n) is 2.80. The standard InChI is InChI=1S/C15H16N2O2S2/c1-11-7-14(21-13(11)5-3-4-6-18)15(19)17(2)8-12-9-20-10-16-12/h7,9-10,18H,4,6,8H2,1-2H3. The molecule has 0 bridgehead atoms. The lowest BCUT2D eigenvalue weighted by atomic mass is 10.2. The number of aliphatic hydroxyl groups is 1. The topological polar surface area (TPSA) is 53.4 Å². The van der Waals surface area contributed by atoms with Gasteiger partial charge in [0.15, 0.2) is 0 Å². The molecular formula is C15H16N2O2S2. The summed E-state index contributed by atoms with van der Waals surface area (Å²) in [5.74, 6) is 5.87. The van der Waals surface area contributed by atoms with E-state index < -0.39 is 0 Å². The van der Waals surface area contributed by atoms with E-state index in [1.54, 1.807) is 17.5 Å². The smallest absolute Gasteiger partial charge is 0.264 e. The average molecular weight is 320 g/mol. The van der Waals surface area contributed by atoms with Gasteiger partial charge in [-0.1, -0.05) is 11.8 Å². The lowest BCUT2D eigenvalue weighted by Crippen LogP contribution is -2.25. The summed E-state index contributed by atoms with van der Waals surface area (Å²) < 4.78 is 0. The molecule has 0 atom stereocenters. The molecule has 0 aliphatic carbocycles. The molecule has 2 aromatic rings. The predicted molar refractivity (Wildman–Crippen MR) is 85.5 cm³/mol. The molecule has 2 aromatic heterocycles. The van der Waals surface area contributed by atoms with Crippen LogP contribution in [0.25, 0.3) is 0 Å². The van der Waals surface area contributed by atoms with Crippen LogP contribution in [-0.4, -0.2) is 34.6 Å². The van der Waals surface area contributed by atoms with E-state index in [4.69, 9.17) is 5.11 Å². The largest absolute Gasteiger partial charge is 0.395 e. The van der Waals surface area contributed by atoms with Gasteiger partial charge in [0.2, 0.25) is 0 Å². The number of hydrogen-bond acceptors (Lipinski definition) is 5. The number of aliphatic hydroxyl groups excluding tert-OH is 1.